The fraction of sp³-hybridized carbons (Fsp3) is 0.391. The molecule has 6 nitrogen and oxygen atoms in total. The summed E-state index contributed by atoms with van der Waals surface area (Å²) >= 11 is 0. The van der Waals surface area contributed by atoms with E-state index in [0.717, 1.165) is 17.9 Å². The standard InChI is InChI=1S/C23H30N4O2/c1-25(2)23(29)27-15-13-19(14-16-27)22(28)24-20-11-7-8-12-21(20)26(3)17-18-9-5-4-6-10-18/h4-12,19H,13-17H2,1-3H3,(H,24,28). The molecule has 2 aromatic rings. The number of benzene rings is 2. The quantitative estimate of drug-likeness (QED) is 0.842. The molecule has 0 unspecified atom stereocenters. The van der Waals surface area contributed by atoms with Crippen LogP contribution in [0.3, 0.4) is 0 Å². The lowest BCUT2D eigenvalue weighted by Crippen LogP contribution is -2.45. The van der Waals surface area contributed by atoms with E-state index in [-0.39, 0.29) is 17.9 Å². The second-order valence-corrected chi connectivity index (χ2v) is 7.79. The highest BCUT2D eigenvalue weighted by atomic mass is 16.2. The zero-order valence-electron chi connectivity index (χ0n) is 17.5. The van der Waals surface area contributed by atoms with Crippen LogP contribution in [-0.2, 0) is 11.3 Å². The number of piperidine rings is 1. The highest BCUT2D eigenvalue weighted by Crippen LogP contribution is 2.28. The van der Waals surface area contributed by atoms with E-state index in [1.165, 1.54) is 5.56 Å². The predicted octanol–water partition coefficient (Wildman–Crippen LogP) is 3.66. The molecule has 1 aliphatic rings. The first-order chi connectivity index (χ1) is 14.0. The van der Waals surface area contributed by atoms with E-state index in [2.05, 4.69) is 22.3 Å². The van der Waals surface area contributed by atoms with Crippen LogP contribution in [0, 0.1) is 5.92 Å². The minimum absolute atomic E-state index is 0.0109. The van der Waals surface area contributed by atoms with Crippen molar-refractivity contribution < 1.29 is 9.59 Å². The monoisotopic (exact) mass is 394 g/mol. The molecule has 0 aromatic heterocycles. The number of anilines is 2. The van der Waals surface area contributed by atoms with Gasteiger partial charge in [-0.3, -0.25) is 4.79 Å². The Morgan fingerprint density at radius 2 is 1.59 bits per heavy atom. The molecule has 0 atom stereocenters. The van der Waals surface area contributed by atoms with Gasteiger partial charge in [0, 0.05) is 46.7 Å². The molecule has 6 heteroatoms. The van der Waals surface area contributed by atoms with Gasteiger partial charge in [0.25, 0.3) is 0 Å². The van der Waals surface area contributed by atoms with Gasteiger partial charge in [0.15, 0.2) is 0 Å². The molecular weight excluding hydrogens is 364 g/mol. The third-order valence-electron chi connectivity index (χ3n) is 5.35. The van der Waals surface area contributed by atoms with Gasteiger partial charge in [-0.15, -0.1) is 0 Å². The van der Waals surface area contributed by atoms with E-state index in [9.17, 15) is 9.59 Å². The number of carbonyl (C=O) groups excluding carboxylic acids is 2. The highest BCUT2D eigenvalue weighted by molar-refractivity contribution is 5.96. The summed E-state index contributed by atoms with van der Waals surface area (Å²) in [6, 6.07) is 18.2. The normalized spacial score (nSPS) is 14.4. The van der Waals surface area contributed by atoms with Crippen LogP contribution in [-0.4, -0.2) is 56.0 Å². The summed E-state index contributed by atoms with van der Waals surface area (Å²) in [5.41, 5.74) is 3.03. The number of likely N-dealkylation sites (tertiary alicyclic amines) is 1. The van der Waals surface area contributed by atoms with Crippen molar-refractivity contribution in [3.8, 4) is 0 Å². The van der Waals surface area contributed by atoms with Gasteiger partial charge in [0.2, 0.25) is 5.91 Å². The summed E-state index contributed by atoms with van der Waals surface area (Å²) in [6.07, 6.45) is 1.38. The maximum atomic E-state index is 12.9. The van der Waals surface area contributed by atoms with Gasteiger partial charge in [-0.05, 0) is 30.5 Å². The molecule has 3 amide bonds. The van der Waals surface area contributed by atoms with Gasteiger partial charge >= 0.3 is 6.03 Å². The van der Waals surface area contributed by atoms with Crippen molar-refractivity contribution in [3.05, 3.63) is 60.2 Å². The number of nitrogens with zero attached hydrogens (tertiary/aromatic N) is 3. The number of rotatable bonds is 5. The van der Waals surface area contributed by atoms with Gasteiger partial charge in [-0.1, -0.05) is 42.5 Å². The van der Waals surface area contributed by atoms with E-state index < -0.39 is 0 Å². The van der Waals surface area contributed by atoms with Crippen molar-refractivity contribution >= 4 is 23.3 Å². The van der Waals surface area contributed by atoms with Crippen molar-refractivity contribution in [2.45, 2.75) is 19.4 Å². The second kappa shape index (κ2) is 9.45. The van der Waals surface area contributed by atoms with Crippen LogP contribution < -0.4 is 10.2 Å². The average molecular weight is 395 g/mol. The van der Waals surface area contributed by atoms with Crippen molar-refractivity contribution in [2.24, 2.45) is 5.92 Å². The van der Waals surface area contributed by atoms with Crippen LogP contribution in [0.1, 0.15) is 18.4 Å². The van der Waals surface area contributed by atoms with Crippen LogP contribution in [0.25, 0.3) is 0 Å². The Morgan fingerprint density at radius 1 is 0.966 bits per heavy atom. The summed E-state index contributed by atoms with van der Waals surface area (Å²) in [5, 5.41) is 3.12. The predicted molar refractivity (Wildman–Crippen MR) is 117 cm³/mol. The van der Waals surface area contributed by atoms with E-state index >= 15 is 0 Å². The molecule has 1 aliphatic heterocycles. The molecule has 0 bridgehead atoms. The van der Waals surface area contributed by atoms with E-state index in [0.29, 0.717) is 25.9 Å². The maximum absolute atomic E-state index is 12.9. The summed E-state index contributed by atoms with van der Waals surface area (Å²) in [6.45, 7) is 1.99. The number of nitrogens with one attached hydrogen (secondary N) is 1. The zero-order valence-corrected chi connectivity index (χ0v) is 17.5. The van der Waals surface area contributed by atoms with Crippen LogP contribution in [0.2, 0.25) is 0 Å². The highest BCUT2D eigenvalue weighted by Gasteiger charge is 2.28. The molecule has 0 spiro atoms. The molecular formula is C23H30N4O2. The Labute approximate surface area is 173 Å². The molecule has 1 heterocycles. The third-order valence-corrected chi connectivity index (χ3v) is 5.35. The number of hydrogen-bond acceptors (Lipinski definition) is 3. The zero-order chi connectivity index (χ0) is 20.8. The molecule has 0 radical (unpaired) electrons. The fourth-order valence-electron chi connectivity index (χ4n) is 3.71. The van der Waals surface area contributed by atoms with Crippen molar-refractivity contribution in [1.29, 1.82) is 0 Å². The van der Waals surface area contributed by atoms with Crippen molar-refractivity contribution in [3.63, 3.8) is 0 Å². The lowest BCUT2D eigenvalue weighted by Gasteiger charge is -2.33. The first kappa shape index (κ1) is 20.7. The molecule has 2 aromatic carbocycles. The molecule has 154 valence electrons. The van der Waals surface area contributed by atoms with E-state index in [1.54, 1.807) is 19.0 Å². The smallest absolute Gasteiger partial charge is 0.319 e. The van der Waals surface area contributed by atoms with Gasteiger partial charge in [-0.2, -0.15) is 0 Å². The third kappa shape index (κ3) is 5.28. The number of carbonyl (C=O) groups is 2. The topological polar surface area (TPSA) is 55.9 Å². The fourth-order valence-corrected chi connectivity index (χ4v) is 3.71. The van der Waals surface area contributed by atoms with Crippen molar-refractivity contribution in [2.75, 3.05) is 44.4 Å². The van der Waals surface area contributed by atoms with Crippen LogP contribution >= 0.6 is 0 Å². The maximum Gasteiger partial charge on any atom is 0.319 e. The summed E-state index contributed by atoms with van der Waals surface area (Å²) in [4.78, 5) is 30.5. The summed E-state index contributed by atoms with van der Waals surface area (Å²) in [5.74, 6) is -0.0452. The number of para-hydroxylation sites is 2. The number of urea groups is 1. The van der Waals surface area contributed by atoms with Gasteiger partial charge in [0.1, 0.15) is 0 Å². The molecule has 1 N–H and O–H groups in total. The number of hydrogen-bond donors (Lipinski definition) is 1. The van der Waals surface area contributed by atoms with Gasteiger partial charge < -0.3 is 20.0 Å². The molecule has 1 fully saturated rings. The second-order valence-electron chi connectivity index (χ2n) is 7.79. The largest absolute Gasteiger partial charge is 0.369 e. The summed E-state index contributed by atoms with van der Waals surface area (Å²) in [7, 11) is 5.54. The lowest BCUT2D eigenvalue weighted by molar-refractivity contribution is -0.121. The summed E-state index contributed by atoms with van der Waals surface area (Å²) < 4.78 is 0. The van der Waals surface area contributed by atoms with Gasteiger partial charge in [-0.25, -0.2) is 4.79 Å². The SMILES string of the molecule is CN(C)C(=O)N1CCC(C(=O)Nc2ccccc2N(C)Cc2ccccc2)CC1. The molecule has 1 saturated heterocycles. The van der Waals surface area contributed by atoms with E-state index in [4.69, 9.17) is 0 Å². The van der Waals surface area contributed by atoms with E-state index in [1.807, 2.05) is 54.4 Å². The first-order valence-corrected chi connectivity index (χ1v) is 10.1. The van der Waals surface area contributed by atoms with Crippen LogP contribution in [0.15, 0.2) is 54.6 Å². The Morgan fingerprint density at radius 3 is 2.24 bits per heavy atom. The minimum atomic E-state index is -0.0753. The molecule has 3 rings (SSSR count). The molecule has 29 heavy (non-hydrogen) atoms. The first-order valence-electron chi connectivity index (χ1n) is 10.1. The average Bonchev–Trinajstić information content (AvgIpc) is 2.74. The molecule has 0 saturated carbocycles. The number of amides is 3. The Bertz CT molecular complexity index is 830. The van der Waals surface area contributed by atoms with Crippen LogP contribution in [0.5, 0.6) is 0 Å². The van der Waals surface area contributed by atoms with Gasteiger partial charge in [0.05, 0.1) is 11.4 Å². The Hall–Kier alpha value is -3.02. The lowest BCUT2D eigenvalue weighted by atomic mass is 9.96. The molecule has 0 aliphatic carbocycles. The van der Waals surface area contributed by atoms with Crippen LogP contribution in [0.4, 0.5) is 16.2 Å². The Balaban J connectivity index is 1.62. The van der Waals surface area contributed by atoms with Crippen molar-refractivity contribution in [1.82, 2.24) is 9.80 Å². The minimum Gasteiger partial charge on any atom is -0.369 e. The Kier molecular flexibility index (Phi) is 6.75.